The van der Waals surface area contributed by atoms with Crippen molar-refractivity contribution in [2.75, 3.05) is 6.61 Å². The van der Waals surface area contributed by atoms with Crippen LogP contribution in [-0.2, 0) is 13.1 Å². The van der Waals surface area contributed by atoms with Crippen molar-refractivity contribution >= 4 is 0 Å². The molecule has 0 aromatic carbocycles. The van der Waals surface area contributed by atoms with E-state index in [9.17, 15) is 5.11 Å². The number of rotatable bonds is 6. The molecule has 0 aliphatic heterocycles. The number of aromatic nitrogens is 2. The first-order valence-corrected chi connectivity index (χ1v) is 5.51. The third kappa shape index (κ3) is 3.04. The Labute approximate surface area is 91.3 Å². The van der Waals surface area contributed by atoms with Crippen molar-refractivity contribution in [2.45, 2.75) is 45.8 Å². The van der Waals surface area contributed by atoms with Gasteiger partial charge in [0.2, 0.25) is 0 Å². The Hall–Kier alpha value is -0.870. The summed E-state index contributed by atoms with van der Waals surface area (Å²) in [6, 6.07) is 0. The molecule has 0 spiro atoms. The third-order valence-electron chi connectivity index (χ3n) is 2.94. The molecule has 0 saturated heterocycles. The summed E-state index contributed by atoms with van der Waals surface area (Å²) in [5.41, 5.74) is -0.204. The summed E-state index contributed by atoms with van der Waals surface area (Å²) >= 11 is 0. The molecule has 1 aromatic rings. The molecule has 1 atom stereocenters. The number of hydrogen-bond donors (Lipinski definition) is 2. The van der Waals surface area contributed by atoms with Crippen LogP contribution in [0.15, 0.2) is 12.4 Å². The van der Waals surface area contributed by atoms with Crippen molar-refractivity contribution < 1.29 is 5.11 Å². The summed E-state index contributed by atoms with van der Waals surface area (Å²) in [7, 11) is 0. The maximum atomic E-state index is 9.25. The van der Waals surface area contributed by atoms with Crippen molar-refractivity contribution in [3.63, 3.8) is 0 Å². The minimum atomic E-state index is -0.204. The average Bonchev–Trinajstić information content (AvgIpc) is 2.73. The van der Waals surface area contributed by atoms with Gasteiger partial charge in [-0.25, -0.2) is 4.98 Å². The molecule has 86 valence electrons. The van der Waals surface area contributed by atoms with Crippen LogP contribution in [-0.4, -0.2) is 26.8 Å². The van der Waals surface area contributed by atoms with Gasteiger partial charge in [0.15, 0.2) is 0 Å². The second kappa shape index (κ2) is 5.28. The molecule has 2 N–H and O–H groups in total. The number of nitrogens with zero attached hydrogens (tertiary/aromatic N) is 2. The lowest BCUT2D eigenvalue weighted by molar-refractivity contribution is 0.167. The minimum Gasteiger partial charge on any atom is -0.394 e. The first-order chi connectivity index (χ1) is 7.15. The summed E-state index contributed by atoms with van der Waals surface area (Å²) in [6.07, 6.45) is 4.68. The second-order valence-electron chi connectivity index (χ2n) is 4.06. The molecule has 0 radical (unpaired) electrons. The van der Waals surface area contributed by atoms with Gasteiger partial charge in [0, 0.05) is 24.5 Å². The first kappa shape index (κ1) is 12.2. The first-order valence-electron chi connectivity index (χ1n) is 5.51. The van der Waals surface area contributed by atoms with Crippen LogP contribution >= 0.6 is 0 Å². The summed E-state index contributed by atoms with van der Waals surface area (Å²) < 4.78 is 2.10. The molecule has 0 aliphatic rings. The van der Waals surface area contributed by atoms with Gasteiger partial charge in [-0.3, -0.25) is 0 Å². The number of aryl methyl sites for hydroxylation is 1. The Balaban J connectivity index is 2.56. The van der Waals surface area contributed by atoms with E-state index in [1.807, 2.05) is 19.3 Å². The molecule has 1 aromatic heterocycles. The predicted molar refractivity (Wildman–Crippen MR) is 60.5 cm³/mol. The Morgan fingerprint density at radius 2 is 2.27 bits per heavy atom. The quantitative estimate of drug-likeness (QED) is 0.742. The molecule has 0 amide bonds. The Kier molecular flexibility index (Phi) is 4.29. The average molecular weight is 211 g/mol. The highest BCUT2D eigenvalue weighted by atomic mass is 16.3. The lowest BCUT2D eigenvalue weighted by Crippen LogP contribution is -2.45. The zero-order valence-electron chi connectivity index (χ0n) is 9.82. The molecule has 1 unspecified atom stereocenters. The van der Waals surface area contributed by atoms with Gasteiger partial charge in [0.1, 0.15) is 5.82 Å². The Morgan fingerprint density at radius 3 is 2.80 bits per heavy atom. The van der Waals surface area contributed by atoms with Crippen LogP contribution in [0, 0.1) is 0 Å². The third-order valence-corrected chi connectivity index (χ3v) is 2.94. The van der Waals surface area contributed by atoms with Gasteiger partial charge in [-0.2, -0.15) is 0 Å². The van der Waals surface area contributed by atoms with E-state index in [1.165, 1.54) is 0 Å². The van der Waals surface area contributed by atoms with Gasteiger partial charge in [-0.05, 0) is 20.3 Å². The maximum Gasteiger partial charge on any atom is 0.122 e. The molecular weight excluding hydrogens is 190 g/mol. The van der Waals surface area contributed by atoms with Crippen molar-refractivity contribution in [2.24, 2.45) is 0 Å². The van der Waals surface area contributed by atoms with Gasteiger partial charge in [-0.15, -0.1) is 0 Å². The van der Waals surface area contributed by atoms with Crippen LogP contribution in [0.1, 0.15) is 33.0 Å². The molecule has 0 bridgehead atoms. The summed E-state index contributed by atoms with van der Waals surface area (Å²) in [4.78, 5) is 4.28. The highest BCUT2D eigenvalue weighted by molar-refractivity contribution is 4.93. The standard InChI is InChI=1S/C11H21N3O/c1-4-11(3,9-15)13-8-10-12-6-7-14(10)5-2/h6-7,13,15H,4-5,8-9H2,1-3H3. The van der Waals surface area contributed by atoms with Crippen LogP contribution in [0.2, 0.25) is 0 Å². The van der Waals surface area contributed by atoms with Gasteiger partial charge < -0.3 is 15.0 Å². The van der Waals surface area contributed by atoms with Gasteiger partial charge >= 0.3 is 0 Å². The highest BCUT2D eigenvalue weighted by Gasteiger charge is 2.20. The van der Waals surface area contributed by atoms with Crippen molar-refractivity contribution in [1.82, 2.24) is 14.9 Å². The van der Waals surface area contributed by atoms with E-state index in [2.05, 4.69) is 28.7 Å². The summed E-state index contributed by atoms with van der Waals surface area (Å²) in [6.45, 7) is 7.96. The SMILES string of the molecule is CCn1ccnc1CNC(C)(CC)CO. The Morgan fingerprint density at radius 1 is 1.53 bits per heavy atom. The molecule has 15 heavy (non-hydrogen) atoms. The molecule has 1 rings (SSSR count). The summed E-state index contributed by atoms with van der Waals surface area (Å²) in [5.74, 6) is 1.02. The lowest BCUT2D eigenvalue weighted by atomic mass is 10.0. The van der Waals surface area contributed by atoms with Crippen molar-refractivity contribution in [1.29, 1.82) is 0 Å². The molecule has 0 saturated carbocycles. The number of hydrogen-bond acceptors (Lipinski definition) is 3. The molecule has 1 heterocycles. The van der Waals surface area contributed by atoms with Gasteiger partial charge in [-0.1, -0.05) is 6.92 Å². The van der Waals surface area contributed by atoms with Gasteiger partial charge in [0.25, 0.3) is 0 Å². The molecular formula is C11H21N3O. The van der Waals surface area contributed by atoms with E-state index in [0.29, 0.717) is 6.54 Å². The zero-order valence-corrected chi connectivity index (χ0v) is 9.82. The predicted octanol–water partition coefficient (Wildman–Crippen LogP) is 1.15. The fourth-order valence-electron chi connectivity index (χ4n) is 1.38. The van der Waals surface area contributed by atoms with Crippen LogP contribution in [0.4, 0.5) is 0 Å². The van der Waals surface area contributed by atoms with E-state index in [4.69, 9.17) is 0 Å². The van der Waals surface area contributed by atoms with Crippen LogP contribution < -0.4 is 5.32 Å². The zero-order chi connectivity index (χ0) is 11.3. The van der Waals surface area contributed by atoms with E-state index < -0.39 is 0 Å². The number of aliphatic hydroxyl groups is 1. The fraction of sp³-hybridized carbons (Fsp3) is 0.727. The number of aliphatic hydroxyl groups excluding tert-OH is 1. The molecule has 4 nitrogen and oxygen atoms in total. The van der Waals surface area contributed by atoms with Crippen molar-refractivity contribution in [3.8, 4) is 0 Å². The van der Waals surface area contributed by atoms with Crippen LogP contribution in [0.25, 0.3) is 0 Å². The highest BCUT2D eigenvalue weighted by Crippen LogP contribution is 2.09. The van der Waals surface area contributed by atoms with E-state index in [1.54, 1.807) is 0 Å². The van der Waals surface area contributed by atoms with E-state index >= 15 is 0 Å². The summed E-state index contributed by atoms with van der Waals surface area (Å²) in [5, 5.41) is 12.6. The number of nitrogens with one attached hydrogen (secondary N) is 1. The Bertz CT molecular complexity index is 292. The monoisotopic (exact) mass is 211 g/mol. The fourth-order valence-corrected chi connectivity index (χ4v) is 1.38. The normalized spacial score (nSPS) is 15.2. The molecule has 0 aliphatic carbocycles. The molecule has 0 fully saturated rings. The van der Waals surface area contributed by atoms with E-state index in [-0.39, 0.29) is 12.1 Å². The van der Waals surface area contributed by atoms with Crippen molar-refractivity contribution in [3.05, 3.63) is 18.2 Å². The smallest absolute Gasteiger partial charge is 0.122 e. The van der Waals surface area contributed by atoms with E-state index in [0.717, 1.165) is 18.8 Å². The maximum absolute atomic E-state index is 9.25. The molecule has 4 heteroatoms. The largest absolute Gasteiger partial charge is 0.394 e. The van der Waals surface area contributed by atoms with Gasteiger partial charge in [0.05, 0.1) is 13.2 Å². The minimum absolute atomic E-state index is 0.149. The van der Waals surface area contributed by atoms with Crippen LogP contribution in [0.5, 0.6) is 0 Å². The second-order valence-corrected chi connectivity index (χ2v) is 4.06. The lowest BCUT2D eigenvalue weighted by Gasteiger charge is -2.27. The van der Waals surface area contributed by atoms with Crippen LogP contribution in [0.3, 0.4) is 0 Å². The number of imidazole rings is 1. The topological polar surface area (TPSA) is 50.1 Å².